The Balaban J connectivity index is 1.86. The van der Waals surface area contributed by atoms with Crippen molar-refractivity contribution in [2.75, 3.05) is 0 Å². The van der Waals surface area contributed by atoms with Crippen LogP contribution in [0.1, 0.15) is 12.1 Å². The molecular weight excluding hydrogens is 313 g/mol. The largest absolute Gasteiger partial charge is 0.268 e. The summed E-state index contributed by atoms with van der Waals surface area (Å²) in [5.41, 5.74) is 5.53. The van der Waals surface area contributed by atoms with Crippen LogP contribution in [0.4, 0.5) is 4.39 Å². The van der Waals surface area contributed by atoms with Gasteiger partial charge in [0.05, 0.1) is 5.52 Å². The number of aryl methyl sites for hydroxylation is 1. The van der Waals surface area contributed by atoms with Gasteiger partial charge in [0.15, 0.2) is 0 Å². The van der Waals surface area contributed by atoms with Gasteiger partial charge in [0.2, 0.25) is 0 Å². The maximum atomic E-state index is 14.5. The van der Waals surface area contributed by atoms with Gasteiger partial charge in [-0.15, -0.1) is 0 Å². The van der Waals surface area contributed by atoms with Crippen molar-refractivity contribution in [2.45, 2.75) is 19.4 Å². The highest BCUT2D eigenvalue weighted by atomic mass is 19.1. The zero-order valence-corrected chi connectivity index (χ0v) is 13.6. The van der Waals surface area contributed by atoms with E-state index in [-0.39, 0.29) is 5.82 Å². The molecule has 3 nitrogen and oxygen atoms in total. The predicted octanol–water partition coefficient (Wildman–Crippen LogP) is 4.85. The van der Waals surface area contributed by atoms with E-state index in [0.717, 1.165) is 47.1 Å². The molecule has 2 aromatic carbocycles. The van der Waals surface area contributed by atoms with E-state index >= 15 is 0 Å². The van der Waals surface area contributed by atoms with Crippen LogP contribution in [0.3, 0.4) is 0 Å². The monoisotopic (exact) mass is 329 g/mol. The summed E-state index contributed by atoms with van der Waals surface area (Å²) in [5, 5.41) is 5.84. The lowest BCUT2D eigenvalue weighted by molar-refractivity contribution is 0.627. The van der Waals surface area contributed by atoms with Gasteiger partial charge >= 0.3 is 0 Å². The number of hydrogen-bond donors (Lipinski definition) is 0. The highest BCUT2D eigenvalue weighted by Gasteiger charge is 2.26. The fourth-order valence-corrected chi connectivity index (χ4v) is 3.77. The summed E-state index contributed by atoms with van der Waals surface area (Å²) in [5.74, 6) is -0.237. The van der Waals surface area contributed by atoms with Gasteiger partial charge in [-0.05, 0) is 42.7 Å². The molecule has 0 saturated carbocycles. The summed E-state index contributed by atoms with van der Waals surface area (Å²) in [4.78, 5) is 4.46. The molecule has 4 aromatic rings. The lowest BCUT2D eigenvalue weighted by Gasteiger charge is -2.09. The van der Waals surface area contributed by atoms with Gasteiger partial charge in [0.1, 0.15) is 11.5 Å². The molecule has 25 heavy (non-hydrogen) atoms. The molecule has 1 aliphatic rings. The Morgan fingerprint density at radius 2 is 1.76 bits per heavy atom. The van der Waals surface area contributed by atoms with Crippen molar-refractivity contribution in [1.82, 2.24) is 14.8 Å². The van der Waals surface area contributed by atoms with Crippen LogP contribution in [0.25, 0.3) is 33.3 Å². The standard InChI is InChI=1S/C21H16FN3/c22-17-8-3-1-7-16(17)21-20(19-10-5-13-25(19)24-21)15-11-12-23-18-9-4-2-6-14(15)18/h1-4,6-9,11-12H,5,10,13H2. The first kappa shape index (κ1) is 14.3. The molecule has 4 heteroatoms. The number of halogens is 1. The van der Waals surface area contributed by atoms with Crippen molar-refractivity contribution in [3.8, 4) is 22.4 Å². The number of fused-ring (bicyclic) bond motifs is 2. The number of para-hydroxylation sites is 1. The van der Waals surface area contributed by atoms with E-state index in [1.54, 1.807) is 12.1 Å². The molecule has 0 fully saturated rings. The first-order valence-corrected chi connectivity index (χ1v) is 8.51. The minimum atomic E-state index is -0.237. The fourth-order valence-electron chi connectivity index (χ4n) is 3.77. The van der Waals surface area contributed by atoms with Crippen molar-refractivity contribution in [3.63, 3.8) is 0 Å². The zero-order valence-electron chi connectivity index (χ0n) is 13.6. The Morgan fingerprint density at radius 1 is 0.920 bits per heavy atom. The van der Waals surface area contributed by atoms with E-state index in [1.165, 1.54) is 11.8 Å². The van der Waals surface area contributed by atoms with Crippen LogP contribution in [0, 0.1) is 5.82 Å². The maximum Gasteiger partial charge on any atom is 0.132 e. The highest BCUT2D eigenvalue weighted by Crippen LogP contribution is 2.40. The molecule has 0 bridgehead atoms. The zero-order chi connectivity index (χ0) is 16.8. The van der Waals surface area contributed by atoms with E-state index in [2.05, 4.69) is 11.1 Å². The van der Waals surface area contributed by atoms with Crippen LogP contribution >= 0.6 is 0 Å². The summed E-state index contributed by atoms with van der Waals surface area (Å²) in [6, 6.07) is 17.0. The Kier molecular flexibility index (Phi) is 3.17. The summed E-state index contributed by atoms with van der Waals surface area (Å²) >= 11 is 0. The van der Waals surface area contributed by atoms with Gasteiger partial charge in [-0.3, -0.25) is 9.67 Å². The predicted molar refractivity (Wildman–Crippen MR) is 96.7 cm³/mol. The van der Waals surface area contributed by atoms with Crippen LogP contribution in [0.5, 0.6) is 0 Å². The molecule has 0 spiro atoms. The number of aromatic nitrogens is 3. The lowest BCUT2D eigenvalue weighted by Crippen LogP contribution is -1.94. The maximum absolute atomic E-state index is 14.5. The van der Waals surface area contributed by atoms with Crippen molar-refractivity contribution in [3.05, 3.63) is 72.3 Å². The van der Waals surface area contributed by atoms with E-state index in [0.29, 0.717) is 5.56 Å². The minimum Gasteiger partial charge on any atom is -0.268 e. The molecule has 122 valence electrons. The third-order valence-corrected chi connectivity index (χ3v) is 4.89. The molecule has 1 aliphatic heterocycles. The van der Waals surface area contributed by atoms with Gasteiger partial charge in [-0.1, -0.05) is 30.3 Å². The normalized spacial score (nSPS) is 13.3. The van der Waals surface area contributed by atoms with Gasteiger partial charge in [-0.25, -0.2) is 4.39 Å². The quantitative estimate of drug-likeness (QED) is 0.526. The second-order valence-electron chi connectivity index (χ2n) is 6.35. The van der Waals surface area contributed by atoms with Crippen molar-refractivity contribution in [1.29, 1.82) is 0 Å². The molecular formula is C21H16FN3. The van der Waals surface area contributed by atoms with E-state index < -0.39 is 0 Å². The van der Waals surface area contributed by atoms with Crippen LogP contribution < -0.4 is 0 Å². The van der Waals surface area contributed by atoms with Crippen molar-refractivity contribution < 1.29 is 4.39 Å². The van der Waals surface area contributed by atoms with Crippen LogP contribution in [-0.4, -0.2) is 14.8 Å². The summed E-state index contributed by atoms with van der Waals surface area (Å²) in [6.45, 7) is 0.889. The van der Waals surface area contributed by atoms with Crippen molar-refractivity contribution >= 4 is 10.9 Å². The van der Waals surface area contributed by atoms with Crippen LogP contribution in [0.2, 0.25) is 0 Å². The number of rotatable bonds is 2. The molecule has 3 heterocycles. The smallest absolute Gasteiger partial charge is 0.132 e. The third-order valence-electron chi connectivity index (χ3n) is 4.89. The molecule has 0 saturated heterocycles. The average molecular weight is 329 g/mol. The second kappa shape index (κ2) is 5.52. The molecule has 0 aliphatic carbocycles. The molecule has 0 atom stereocenters. The fraction of sp³-hybridized carbons (Fsp3) is 0.143. The molecule has 0 N–H and O–H groups in total. The summed E-state index contributed by atoms with van der Waals surface area (Å²) in [6.07, 6.45) is 3.87. The Hall–Kier alpha value is -3.01. The number of nitrogens with zero attached hydrogens (tertiary/aromatic N) is 3. The van der Waals surface area contributed by atoms with Gasteiger partial charge in [-0.2, -0.15) is 5.10 Å². The van der Waals surface area contributed by atoms with Crippen LogP contribution in [0.15, 0.2) is 60.8 Å². The van der Waals surface area contributed by atoms with Gasteiger partial charge in [0, 0.05) is 34.9 Å². The second-order valence-corrected chi connectivity index (χ2v) is 6.35. The van der Waals surface area contributed by atoms with Crippen molar-refractivity contribution in [2.24, 2.45) is 0 Å². The molecule has 0 amide bonds. The van der Waals surface area contributed by atoms with E-state index in [1.807, 2.05) is 41.2 Å². The Bertz CT molecular complexity index is 1090. The molecule has 0 unspecified atom stereocenters. The number of benzene rings is 2. The first-order valence-electron chi connectivity index (χ1n) is 8.51. The molecule has 0 radical (unpaired) electrons. The minimum absolute atomic E-state index is 0.237. The Labute approximate surface area is 144 Å². The highest BCUT2D eigenvalue weighted by molar-refractivity contribution is 5.99. The SMILES string of the molecule is Fc1ccccc1-c1nn2c(c1-c1ccnc3ccccc13)CCC2. The van der Waals surface area contributed by atoms with E-state index in [4.69, 9.17) is 5.10 Å². The molecule has 2 aromatic heterocycles. The average Bonchev–Trinajstić information content (AvgIpc) is 3.23. The molecule has 5 rings (SSSR count). The van der Waals surface area contributed by atoms with E-state index in [9.17, 15) is 4.39 Å². The van der Waals surface area contributed by atoms with Gasteiger partial charge in [0.25, 0.3) is 0 Å². The third kappa shape index (κ3) is 2.18. The number of hydrogen-bond acceptors (Lipinski definition) is 2. The Morgan fingerprint density at radius 3 is 2.68 bits per heavy atom. The summed E-state index contributed by atoms with van der Waals surface area (Å²) in [7, 11) is 0. The van der Waals surface area contributed by atoms with Gasteiger partial charge < -0.3 is 0 Å². The lowest BCUT2D eigenvalue weighted by atomic mass is 9.95. The first-order chi connectivity index (χ1) is 12.3. The summed E-state index contributed by atoms with van der Waals surface area (Å²) < 4.78 is 16.5. The number of pyridine rings is 1. The van der Waals surface area contributed by atoms with Crippen LogP contribution in [-0.2, 0) is 13.0 Å². The topological polar surface area (TPSA) is 30.7 Å².